The Morgan fingerprint density at radius 1 is 0.931 bits per heavy atom. The maximum absolute atomic E-state index is 11.2. The molecule has 0 saturated carbocycles. The van der Waals surface area contributed by atoms with Crippen LogP contribution in [0.1, 0.15) is 20.7 Å². The van der Waals surface area contributed by atoms with Gasteiger partial charge in [-0.1, -0.05) is 31.9 Å². The van der Waals surface area contributed by atoms with Crippen LogP contribution in [0.5, 0.6) is 0 Å². The van der Waals surface area contributed by atoms with Gasteiger partial charge in [0.15, 0.2) is 0 Å². The predicted octanol–water partition coefficient (Wildman–Crippen LogP) is 3.36. The number of hydrogen-bond donors (Lipinski definition) is 3. The van der Waals surface area contributed by atoms with E-state index in [0.717, 1.165) is 6.07 Å². The summed E-state index contributed by atoms with van der Waals surface area (Å²) < 4.78 is 5.14. The van der Waals surface area contributed by atoms with E-state index in [1.807, 2.05) is 0 Å². The van der Waals surface area contributed by atoms with E-state index in [2.05, 4.69) is 36.6 Å². The molecule has 0 bridgehead atoms. The minimum absolute atomic E-state index is 0.0291. The molecule has 0 fully saturated rings. The molecule has 2 rings (SSSR count). The van der Waals surface area contributed by atoms with Gasteiger partial charge in [0.2, 0.25) is 0 Å². The highest BCUT2D eigenvalue weighted by Crippen LogP contribution is 2.30. The van der Waals surface area contributed by atoms with Gasteiger partial charge in [-0.15, -0.1) is 0 Å². The van der Waals surface area contributed by atoms with Gasteiger partial charge in [-0.25, -0.2) is 9.59 Å². The van der Waals surface area contributed by atoms with E-state index in [-0.39, 0.29) is 28.2 Å². The zero-order valence-corrected chi connectivity index (χ0v) is 17.6. The number of carboxylic acids is 1. The van der Waals surface area contributed by atoms with E-state index in [9.17, 15) is 29.8 Å². The van der Waals surface area contributed by atoms with Gasteiger partial charge in [-0.05, 0) is 12.1 Å². The third kappa shape index (κ3) is 5.86. The molecule has 0 radical (unpaired) electrons. The van der Waals surface area contributed by atoms with Crippen LogP contribution in [0.3, 0.4) is 0 Å². The fraction of sp³-hybridized carbons (Fsp3) is 0.0667. The number of carboxylic acid groups (broad SMARTS) is 1. The van der Waals surface area contributed by atoms with Crippen LogP contribution in [0.15, 0.2) is 33.2 Å². The molecular weight excluding hydrogens is 524 g/mol. The van der Waals surface area contributed by atoms with Crippen molar-refractivity contribution in [2.75, 3.05) is 18.6 Å². The first-order chi connectivity index (χ1) is 13.4. The van der Waals surface area contributed by atoms with Crippen LogP contribution in [-0.4, -0.2) is 34.0 Å². The van der Waals surface area contributed by atoms with Gasteiger partial charge in [-0.2, -0.15) is 0 Å². The Labute approximate surface area is 179 Å². The number of nitro benzene ring substituents is 2. The zero-order valence-electron chi connectivity index (χ0n) is 14.4. The van der Waals surface area contributed by atoms with Crippen LogP contribution in [0.2, 0.25) is 0 Å². The summed E-state index contributed by atoms with van der Waals surface area (Å²) >= 11 is 6.01. The quantitative estimate of drug-likeness (QED) is 0.225. The molecule has 5 N–H and O–H groups in total. The molecule has 0 aliphatic rings. The molecule has 0 aliphatic carbocycles. The number of halogens is 2. The third-order valence-corrected chi connectivity index (χ3v) is 4.19. The number of anilines is 2. The summed E-state index contributed by atoms with van der Waals surface area (Å²) in [4.78, 5) is 41.5. The lowest BCUT2D eigenvalue weighted by atomic mass is 10.1. The highest BCUT2D eigenvalue weighted by atomic mass is 79.9. The van der Waals surface area contributed by atoms with Crippen molar-refractivity contribution < 1.29 is 29.3 Å². The first kappa shape index (κ1) is 23.8. The topological polar surface area (TPSA) is 202 Å². The maximum atomic E-state index is 11.2. The minimum Gasteiger partial charge on any atom is -0.478 e. The highest BCUT2D eigenvalue weighted by Gasteiger charge is 2.21. The lowest BCUT2D eigenvalue weighted by molar-refractivity contribution is -0.384. The van der Waals surface area contributed by atoms with Gasteiger partial charge in [-0.3, -0.25) is 20.2 Å². The number of nitrogens with two attached hydrogens (primary N) is 2. The molecule has 2 aromatic rings. The monoisotopic (exact) mass is 534 g/mol. The predicted molar refractivity (Wildman–Crippen MR) is 109 cm³/mol. The summed E-state index contributed by atoms with van der Waals surface area (Å²) in [6.45, 7) is 0. The average molecular weight is 536 g/mol. The van der Waals surface area contributed by atoms with Crippen molar-refractivity contribution in [3.05, 3.63) is 64.6 Å². The Morgan fingerprint density at radius 2 is 1.31 bits per heavy atom. The second kappa shape index (κ2) is 9.79. The van der Waals surface area contributed by atoms with Gasteiger partial charge in [0.25, 0.3) is 11.4 Å². The summed E-state index contributed by atoms with van der Waals surface area (Å²) in [5.74, 6) is -2.01. The van der Waals surface area contributed by atoms with Crippen molar-refractivity contribution in [2.24, 2.45) is 0 Å². The van der Waals surface area contributed by atoms with E-state index in [4.69, 9.17) is 16.6 Å². The molecule has 14 heteroatoms. The normalized spacial score (nSPS) is 9.76. The van der Waals surface area contributed by atoms with Crippen LogP contribution in [0, 0.1) is 20.2 Å². The van der Waals surface area contributed by atoms with E-state index < -0.39 is 27.5 Å². The molecule has 0 amide bonds. The fourth-order valence-corrected chi connectivity index (χ4v) is 2.86. The molecule has 154 valence electrons. The number of hydrogen-bond acceptors (Lipinski definition) is 9. The van der Waals surface area contributed by atoms with E-state index in [1.54, 1.807) is 0 Å². The Hall–Kier alpha value is -3.26. The van der Waals surface area contributed by atoms with Gasteiger partial charge in [0, 0.05) is 21.1 Å². The molecule has 0 saturated heterocycles. The number of aromatic carboxylic acids is 1. The Bertz CT molecular complexity index is 977. The average Bonchev–Trinajstić information content (AvgIpc) is 2.64. The molecule has 0 aromatic heterocycles. The van der Waals surface area contributed by atoms with E-state index in [0.29, 0.717) is 8.95 Å². The summed E-state index contributed by atoms with van der Waals surface area (Å²) in [7, 11) is 1.18. The summed E-state index contributed by atoms with van der Waals surface area (Å²) in [6, 6.07) is 4.96. The van der Waals surface area contributed by atoms with E-state index in [1.165, 1.54) is 25.3 Å². The Balaban J connectivity index is 0.000000291. The lowest BCUT2D eigenvalue weighted by Gasteiger charge is -2.04. The number of esters is 1. The van der Waals surface area contributed by atoms with Crippen LogP contribution in [-0.2, 0) is 4.74 Å². The van der Waals surface area contributed by atoms with Crippen molar-refractivity contribution in [3.63, 3.8) is 0 Å². The van der Waals surface area contributed by atoms with Crippen LogP contribution >= 0.6 is 31.9 Å². The molecule has 29 heavy (non-hydrogen) atoms. The van der Waals surface area contributed by atoms with Crippen molar-refractivity contribution >= 4 is 66.5 Å². The molecule has 0 heterocycles. The molecule has 0 aliphatic heterocycles. The smallest absolute Gasteiger partial charge is 0.340 e. The number of carbonyl (C=O) groups excluding carboxylic acids is 1. The maximum Gasteiger partial charge on any atom is 0.340 e. The summed E-state index contributed by atoms with van der Waals surface area (Å²) in [6.07, 6.45) is 0. The first-order valence-electron chi connectivity index (χ1n) is 7.19. The molecular formula is C15H12Br2N4O8. The fourth-order valence-electron chi connectivity index (χ4n) is 1.97. The van der Waals surface area contributed by atoms with E-state index >= 15 is 0 Å². The van der Waals surface area contributed by atoms with Crippen molar-refractivity contribution in [2.45, 2.75) is 0 Å². The van der Waals surface area contributed by atoms with Gasteiger partial charge in [0.1, 0.15) is 11.4 Å². The number of nitrogen functional groups attached to an aromatic ring is 2. The summed E-state index contributed by atoms with van der Waals surface area (Å²) in [5, 5.41) is 29.7. The van der Waals surface area contributed by atoms with Crippen molar-refractivity contribution in [1.82, 2.24) is 0 Å². The zero-order chi connectivity index (χ0) is 22.5. The number of nitrogens with zero attached hydrogens (tertiary/aromatic N) is 2. The number of rotatable bonds is 4. The van der Waals surface area contributed by atoms with Crippen LogP contribution in [0.4, 0.5) is 22.7 Å². The number of benzene rings is 2. The Morgan fingerprint density at radius 3 is 1.66 bits per heavy atom. The van der Waals surface area contributed by atoms with Gasteiger partial charge < -0.3 is 21.3 Å². The van der Waals surface area contributed by atoms with Crippen molar-refractivity contribution in [3.8, 4) is 0 Å². The van der Waals surface area contributed by atoms with Crippen LogP contribution in [0.25, 0.3) is 0 Å². The largest absolute Gasteiger partial charge is 0.478 e. The number of ether oxygens (including phenoxy) is 1. The molecule has 2 aromatic carbocycles. The van der Waals surface area contributed by atoms with Gasteiger partial charge in [0.05, 0.1) is 28.1 Å². The third-order valence-electron chi connectivity index (χ3n) is 3.28. The molecule has 12 nitrogen and oxygen atoms in total. The summed E-state index contributed by atoms with van der Waals surface area (Å²) in [5.41, 5.74) is 9.17. The second-order valence-corrected chi connectivity index (χ2v) is 6.91. The second-order valence-electron chi connectivity index (χ2n) is 5.08. The molecule has 0 atom stereocenters. The van der Waals surface area contributed by atoms with Crippen LogP contribution < -0.4 is 11.5 Å². The van der Waals surface area contributed by atoms with Gasteiger partial charge >= 0.3 is 11.9 Å². The number of carbonyl (C=O) groups is 2. The number of methoxy groups -OCH3 is 1. The van der Waals surface area contributed by atoms with Crippen molar-refractivity contribution in [1.29, 1.82) is 0 Å². The number of nitro groups is 2. The first-order valence-corrected chi connectivity index (χ1v) is 8.77. The highest BCUT2D eigenvalue weighted by molar-refractivity contribution is 9.10. The molecule has 0 unspecified atom stereocenters. The standard InChI is InChI=1S/C8H7BrN2O4.C7H5BrN2O4/c1-15-8(12)5-2-4(9)3-6(7(5)10)11(13)14;8-3-1-4(7(11)12)6(9)5(2-3)10(13)14/h2-3H,10H2,1H3;1-2H,9H2,(H,11,12). The Kier molecular flexibility index (Phi) is 8.03. The SMILES string of the molecule is COC(=O)c1cc(Br)cc([N+](=O)[O-])c1N.Nc1c(C(=O)O)cc(Br)cc1[N+](=O)[O-]. The minimum atomic E-state index is -1.30. The lowest BCUT2D eigenvalue weighted by Crippen LogP contribution is -2.08. The molecule has 0 spiro atoms.